The summed E-state index contributed by atoms with van der Waals surface area (Å²) in [6, 6.07) is 5.63. The third kappa shape index (κ3) is 4.68. The molecule has 0 aromatic heterocycles. The molecule has 0 aliphatic carbocycles. The number of carbonyl (C=O) groups is 1. The minimum atomic E-state index is -0.0999. The van der Waals surface area contributed by atoms with E-state index in [4.69, 9.17) is 11.6 Å². The third-order valence-corrected chi connectivity index (χ3v) is 3.39. The zero-order chi connectivity index (χ0) is 12.8. The molecule has 0 radical (unpaired) electrons. The first kappa shape index (κ1) is 14.5. The van der Waals surface area contributed by atoms with Gasteiger partial charge in [-0.15, -0.1) is 0 Å². The maximum absolute atomic E-state index is 11.9. The highest BCUT2D eigenvalue weighted by Crippen LogP contribution is 2.17. The standard InChI is InChI=1S/C13H17BrClNO/c1-9-5-6-11(12(15)8-9)13(17)16-10(2)4-3-7-14/h5-6,8,10H,3-4,7H2,1-2H3,(H,16,17). The molecule has 0 spiro atoms. The van der Waals surface area contributed by atoms with Crippen molar-refractivity contribution in [2.45, 2.75) is 32.7 Å². The quantitative estimate of drug-likeness (QED) is 0.819. The van der Waals surface area contributed by atoms with Gasteiger partial charge < -0.3 is 5.32 Å². The monoisotopic (exact) mass is 317 g/mol. The summed E-state index contributed by atoms with van der Waals surface area (Å²) in [6.45, 7) is 3.95. The van der Waals surface area contributed by atoms with Gasteiger partial charge in [-0.3, -0.25) is 4.79 Å². The van der Waals surface area contributed by atoms with Crippen LogP contribution in [0.25, 0.3) is 0 Å². The van der Waals surface area contributed by atoms with E-state index in [1.54, 1.807) is 12.1 Å². The second-order valence-electron chi connectivity index (χ2n) is 4.19. The molecule has 1 N–H and O–H groups in total. The average Bonchev–Trinajstić information content (AvgIpc) is 2.26. The van der Waals surface area contributed by atoms with E-state index in [-0.39, 0.29) is 11.9 Å². The van der Waals surface area contributed by atoms with Crippen molar-refractivity contribution in [3.05, 3.63) is 34.3 Å². The van der Waals surface area contributed by atoms with Crippen LogP contribution >= 0.6 is 27.5 Å². The lowest BCUT2D eigenvalue weighted by Gasteiger charge is -2.14. The van der Waals surface area contributed by atoms with E-state index in [1.807, 2.05) is 19.9 Å². The van der Waals surface area contributed by atoms with Gasteiger partial charge in [-0.05, 0) is 44.4 Å². The highest BCUT2D eigenvalue weighted by Gasteiger charge is 2.12. The molecule has 0 heterocycles. The maximum Gasteiger partial charge on any atom is 0.252 e. The van der Waals surface area contributed by atoms with Gasteiger partial charge in [0.15, 0.2) is 0 Å². The van der Waals surface area contributed by atoms with Crippen LogP contribution in [0.4, 0.5) is 0 Å². The Labute approximate surface area is 116 Å². The predicted octanol–water partition coefficient (Wildman–Crippen LogP) is 3.94. The number of benzene rings is 1. The lowest BCUT2D eigenvalue weighted by Crippen LogP contribution is -2.32. The highest BCUT2D eigenvalue weighted by atomic mass is 79.9. The van der Waals surface area contributed by atoms with Gasteiger partial charge in [-0.2, -0.15) is 0 Å². The molecule has 1 amide bonds. The number of halogens is 2. The summed E-state index contributed by atoms with van der Waals surface area (Å²) in [7, 11) is 0. The summed E-state index contributed by atoms with van der Waals surface area (Å²) >= 11 is 9.42. The zero-order valence-electron chi connectivity index (χ0n) is 10.1. The molecule has 0 saturated heterocycles. The second kappa shape index (κ2) is 7.02. The fourth-order valence-corrected chi connectivity index (χ4v) is 2.21. The smallest absolute Gasteiger partial charge is 0.252 e. The second-order valence-corrected chi connectivity index (χ2v) is 5.39. The van der Waals surface area contributed by atoms with E-state index in [9.17, 15) is 4.79 Å². The van der Waals surface area contributed by atoms with E-state index >= 15 is 0 Å². The van der Waals surface area contributed by atoms with E-state index in [2.05, 4.69) is 21.2 Å². The van der Waals surface area contributed by atoms with Gasteiger partial charge >= 0.3 is 0 Å². The summed E-state index contributed by atoms with van der Waals surface area (Å²) in [5.74, 6) is -0.0999. The lowest BCUT2D eigenvalue weighted by molar-refractivity contribution is 0.0938. The first-order valence-electron chi connectivity index (χ1n) is 5.67. The van der Waals surface area contributed by atoms with E-state index in [1.165, 1.54) is 0 Å². The van der Waals surface area contributed by atoms with E-state index in [0.717, 1.165) is 23.7 Å². The largest absolute Gasteiger partial charge is 0.350 e. The van der Waals surface area contributed by atoms with Crippen molar-refractivity contribution in [2.24, 2.45) is 0 Å². The van der Waals surface area contributed by atoms with Gasteiger partial charge in [0, 0.05) is 11.4 Å². The highest BCUT2D eigenvalue weighted by molar-refractivity contribution is 9.09. The van der Waals surface area contributed by atoms with Crippen molar-refractivity contribution in [3.8, 4) is 0 Å². The predicted molar refractivity (Wildman–Crippen MR) is 76.1 cm³/mol. The van der Waals surface area contributed by atoms with Crippen LogP contribution in [-0.2, 0) is 0 Å². The zero-order valence-corrected chi connectivity index (χ0v) is 12.4. The van der Waals surface area contributed by atoms with Gasteiger partial charge in [0.2, 0.25) is 0 Å². The Balaban J connectivity index is 2.63. The Morgan fingerprint density at radius 3 is 2.82 bits per heavy atom. The summed E-state index contributed by atoms with van der Waals surface area (Å²) in [5, 5.41) is 4.41. The van der Waals surface area contributed by atoms with Crippen molar-refractivity contribution in [3.63, 3.8) is 0 Å². The molecule has 1 atom stereocenters. The number of hydrogen-bond donors (Lipinski definition) is 1. The third-order valence-electron chi connectivity index (χ3n) is 2.52. The summed E-state index contributed by atoms with van der Waals surface area (Å²) < 4.78 is 0. The van der Waals surface area contributed by atoms with Crippen molar-refractivity contribution in [1.82, 2.24) is 5.32 Å². The summed E-state index contributed by atoms with van der Waals surface area (Å²) in [4.78, 5) is 11.9. The molecule has 17 heavy (non-hydrogen) atoms. The van der Waals surface area contributed by atoms with Crippen LogP contribution in [0.2, 0.25) is 5.02 Å². The van der Waals surface area contributed by atoms with Crippen LogP contribution in [0, 0.1) is 6.92 Å². The number of rotatable bonds is 5. The Morgan fingerprint density at radius 1 is 1.53 bits per heavy atom. The molecule has 1 rings (SSSR count). The van der Waals surface area contributed by atoms with E-state index < -0.39 is 0 Å². The molecular formula is C13H17BrClNO. The fourth-order valence-electron chi connectivity index (χ4n) is 1.56. The molecule has 0 fully saturated rings. The van der Waals surface area contributed by atoms with Gasteiger partial charge in [0.25, 0.3) is 5.91 Å². The molecule has 0 aliphatic rings. The summed E-state index contributed by atoms with van der Waals surface area (Å²) in [5.41, 5.74) is 1.60. The number of carbonyl (C=O) groups excluding carboxylic acids is 1. The first-order valence-corrected chi connectivity index (χ1v) is 7.17. The molecule has 0 bridgehead atoms. The molecular weight excluding hydrogens is 302 g/mol. The SMILES string of the molecule is Cc1ccc(C(=O)NC(C)CCCBr)c(Cl)c1. The van der Waals surface area contributed by atoms with Crippen LogP contribution in [0.5, 0.6) is 0 Å². The van der Waals surface area contributed by atoms with Crippen molar-refractivity contribution in [2.75, 3.05) is 5.33 Å². The molecule has 4 heteroatoms. The summed E-state index contributed by atoms with van der Waals surface area (Å²) in [6.07, 6.45) is 2.00. The average molecular weight is 319 g/mol. The fraction of sp³-hybridized carbons (Fsp3) is 0.462. The van der Waals surface area contributed by atoms with E-state index in [0.29, 0.717) is 10.6 Å². The minimum absolute atomic E-state index is 0.0999. The van der Waals surface area contributed by atoms with Gasteiger partial charge in [-0.1, -0.05) is 33.6 Å². The maximum atomic E-state index is 11.9. The van der Waals surface area contributed by atoms with Gasteiger partial charge in [0.1, 0.15) is 0 Å². The number of nitrogens with one attached hydrogen (secondary N) is 1. The van der Waals surface area contributed by atoms with Crippen LogP contribution < -0.4 is 5.32 Å². The Morgan fingerprint density at radius 2 is 2.24 bits per heavy atom. The number of hydrogen-bond acceptors (Lipinski definition) is 1. The van der Waals surface area contributed by atoms with Gasteiger partial charge in [-0.25, -0.2) is 0 Å². The number of alkyl halides is 1. The molecule has 1 aromatic carbocycles. The molecule has 1 unspecified atom stereocenters. The molecule has 94 valence electrons. The number of aryl methyl sites for hydroxylation is 1. The van der Waals surface area contributed by atoms with Crippen LogP contribution in [0.1, 0.15) is 35.7 Å². The molecule has 0 aliphatic heterocycles. The Hall–Kier alpha value is -0.540. The minimum Gasteiger partial charge on any atom is -0.350 e. The normalized spacial score (nSPS) is 12.2. The molecule has 2 nitrogen and oxygen atoms in total. The molecule has 1 aromatic rings. The Bertz CT molecular complexity index is 395. The van der Waals surface area contributed by atoms with Gasteiger partial charge in [0.05, 0.1) is 10.6 Å². The Kier molecular flexibility index (Phi) is 6.00. The first-order chi connectivity index (χ1) is 8.04. The number of amides is 1. The van der Waals surface area contributed by atoms with Crippen molar-refractivity contribution >= 4 is 33.4 Å². The molecule has 0 saturated carbocycles. The van der Waals surface area contributed by atoms with Crippen molar-refractivity contribution < 1.29 is 4.79 Å². The van der Waals surface area contributed by atoms with Crippen molar-refractivity contribution in [1.29, 1.82) is 0 Å². The topological polar surface area (TPSA) is 29.1 Å². The van der Waals surface area contributed by atoms with Crippen LogP contribution in [0.15, 0.2) is 18.2 Å². The van der Waals surface area contributed by atoms with Crippen LogP contribution in [0.3, 0.4) is 0 Å². The lowest BCUT2D eigenvalue weighted by atomic mass is 10.1. The van der Waals surface area contributed by atoms with Crippen LogP contribution in [-0.4, -0.2) is 17.3 Å².